The van der Waals surface area contributed by atoms with E-state index in [2.05, 4.69) is 10.3 Å². The molecule has 4 nitrogen and oxygen atoms in total. The third-order valence-corrected chi connectivity index (χ3v) is 6.44. The van der Waals surface area contributed by atoms with Gasteiger partial charge in [-0.3, -0.25) is 9.59 Å². The van der Waals surface area contributed by atoms with Gasteiger partial charge in [0.1, 0.15) is 5.00 Å². The molecule has 4 rings (SSSR count). The zero-order valence-electron chi connectivity index (χ0n) is 13.8. The van der Waals surface area contributed by atoms with Crippen molar-refractivity contribution in [2.24, 2.45) is 0 Å². The summed E-state index contributed by atoms with van der Waals surface area (Å²) in [6.07, 6.45) is 5.14. The number of carbonyl (C=O) groups excluding carboxylic acids is 2. The molecule has 0 fully saturated rings. The fourth-order valence-corrected chi connectivity index (χ4v) is 5.10. The van der Waals surface area contributed by atoms with Crippen molar-refractivity contribution in [1.29, 1.82) is 0 Å². The van der Waals surface area contributed by atoms with Crippen LogP contribution in [-0.2, 0) is 12.8 Å². The van der Waals surface area contributed by atoms with Gasteiger partial charge in [0.2, 0.25) is 11.7 Å². The van der Waals surface area contributed by atoms with Gasteiger partial charge >= 0.3 is 0 Å². The van der Waals surface area contributed by atoms with Crippen LogP contribution in [0.4, 0.5) is 9.39 Å². The molecule has 1 N–H and O–H groups in total. The highest BCUT2D eigenvalue weighted by atomic mass is 32.1. The molecule has 7 heteroatoms. The van der Waals surface area contributed by atoms with Gasteiger partial charge in [0.15, 0.2) is 0 Å². The summed E-state index contributed by atoms with van der Waals surface area (Å²) in [5.41, 5.74) is 1.82. The lowest BCUT2D eigenvalue weighted by Crippen LogP contribution is -2.15. The molecule has 3 aromatic rings. The van der Waals surface area contributed by atoms with E-state index in [1.807, 2.05) is 11.4 Å². The summed E-state index contributed by atoms with van der Waals surface area (Å²) in [5.74, 6) is -1.21. The van der Waals surface area contributed by atoms with E-state index in [0.717, 1.165) is 42.2 Å². The molecule has 26 heavy (non-hydrogen) atoms. The van der Waals surface area contributed by atoms with E-state index in [-0.39, 0.29) is 11.3 Å². The zero-order chi connectivity index (χ0) is 18.1. The number of hydrogen-bond acceptors (Lipinski definition) is 5. The fourth-order valence-electron chi connectivity index (χ4n) is 3.14. The molecule has 0 radical (unpaired) electrons. The van der Waals surface area contributed by atoms with E-state index in [4.69, 9.17) is 0 Å². The summed E-state index contributed by atoms with van der Waals surface area (Å²) in [6.45, 7) is 0. The SMILES string of the molecule is O=C(Nc1sc2c(c1C(=O)c1cccs1)CCCC2)c1ccnc(F)c1. The first-order chi connectivity index (χ1) is 12.6. The molecule has 1 aliphatic rings. The number of nitrogens with zero attached hydrogens (tertiary/aromatic N) is 1. The number of ketones is 1. The van der Waals surface area contributed by atoms with Crippen molar-refractivity contribution >= 4 is 39.4 Å². The van der Waals surface area contributed by atoms with Crippen LogP contribution < -0.4 is 5.32 Å². The first-order valence-corrected chi connectivity index (χ1v) is 9.99. The average molecular weight is 386 g/mol. The van der Waals surface area contributed by atoms with Gasteiger partial charge in [-0.05, 0) is 48.8 Å². The van der Waals surface area contributed by atoms with Crippen molar-refractivity contribution in [3.05, 3.63) is 68.2 Å². The van der Waals surface area contributed by atoms with Crippen molar-refractivity contribution in [3.63, 3.8) is 0 Å². The molecule has 132 valence electrons. The number of nitrogens with one attached hydrogen (secondary N) is 1. The van der Waals surface area contributed by atoms with Gasteiger partial charge in [0, 0.05) is 22.7 Å². The number of anilines is 1. The summed E-state index contributed by atoms with van der Waals surface area (Å²) >= 11 is 2.85. The van der Waals surface area contributed by atoms with Crippen molar-refractivity contribution in [2.45, 2.75) is 25.7 Å². The van der Waals surface area contributed by atoms with Gasteiger partial charge in [0.25, 0.3) is 5.91 Å². The molecule has 0 aliphatic heterocycles. The normalized spacial score (nSPS) is 13.3. The first kappa shape index (κ1) is 17.1. The quantitative estimate of drug-likeness (QED) is 0.522. The maximum atomic E-state index is 13.3. The summed E-state index contributed by atoms with van der Waals surface area (Å²) in [5, 5.41) is 5.24. The third kappa shape index (κ3) is 3.20. The molecule has 1 amide bonds. The standard InChI is InChI=1S/C19H15FN2O2S2/c20-15-10-11(7-8-21-15)18(24)22-19-16(17(23)14-6-3-9-25-14)12-4-1-2-5-13(12)26-19/h3,6-10H,1-2,4-5H2,(H,22,24). The van der Waals surface area contributed by atoms with Gasteiger partial charge in [0.05, 0.1) is 10.4 Å². The second-order valence-corrected chi connectivity index (χ2v) is 8.10. The molecule has 1 aliphatic carbocycles. The Morgan fingerprint density at radius 2 is 2.04 bits per heavy atom. The summed E-state index contributed by atoms with van der Waals surface area (Å²) < 4.78 is 13.3. The average Bonchev–Trinajstić information content (AvgIpc) is 3.29. The Labute approximate surface area is 157 Å². The van der Waals surface area contributed by atoms with Gasteiger partial charge < -0.3 is 5.32 Å². The second-order valence-electron chi connectivity index (χ2n) is 6.04. The lowest BCUT2D eigenvalue weighted by atomic mass is 9.93. The van der Waals surface area contributed by atoms with Crippen LogP contribution in [0.3, 0.4) is 0 Å². The number of thiophene rings is 2. The number of halogens is 1. The number of fused-ring (bicyclic) bond motifs is 1. The van der Waals surface area contributed by atoms with E-state index >= 15 is 0 Å². The van der Waals surface area contributed by atoms with Crippen molar-refractivity contribution < 1.29 is 14.0 Å². The molecule has 0 saturated carbocycles. The van der Waals surface area contributed by atoms with E-state index in [0.29, 0.717) is 15.4 Å². The number of pyridine rings is 1. The molecule has 0 unspecified atom stereocenters. The van der Waals surface area contributed by atoms with Crippen LogP contribution in [0.2, 0.25) is 0 Å². The van der Waals surface area contributed by atoms with E-state index in [1.54, 1.807) is 6.07 Å². The predicted molar refractivity (Wildman–Crippen MR) is 101 cm³/mol. The van der Waals surface area contributed by atoms with Crippen LogP contribution in [0.15, 0.2) is 35.8 Å². The molecule has 0 saturated heterocycles. The zero-order valence-corrected chi connectivity index (χ0v) is 15.4. The van der Waals surface area contributed by atoms with Crippen molar-refractivity contribution in [1.82, 2.24) is 4.98 Å². The van der Waals surface area contributed by atoms with Gasteiger partial charge in [-0.15, -0.1) is 22.7 Å². The lowest BCUT2D eigenvalue weighted by molar-refractivity contribution is 0.102. The van der Waals surface area contributed by atoms with E-state index in [9.17, 15) is 14.0 Å². The van der Waals surface area contributed by atoms with E-state index < -0.39 is 11.9 Å². The highest BCUT2D eigenvalue weighted by Crippen LogP contribution is 2.40. The molecule has 0 spiro atoms. The fraction of sp³-hybridized carbons (Fsp3) is 0.211. The predicted octanol–water partition coefficient (Wildman–Crippen LogP) is 4.71. The Bertz CT molecular complexity index is 980. The number of rotatable bonds is 4. The van der Waals surface area contributed by atoms with Crippen molar-refractivity contribution in [2.75, 3.05) is 5.32 Å². The Balaban J connectivity index is 1.72. The number of aromatic nitrogens is 1. The first-order valence-electron chi connectivity index (χ1n) is 8.29. The highest BCUT2D eigenvalue weighted by molar-refractivity contribution is 7.17. The second kappa shape index (κ2) is 7.09. The molecule has 0 atom stereocenters. The van der Waals surface area contributed by atoms with Crippen LogP contribution in [0, 0.1) is 5.95 Å². The maximum Gasteiger partial charge on any atom is 0.256 e. The Kier molecular flexibility index (Phi) is 4.65. The van der Waals surface area contributed by atoms with Crippen LogP contribution in [-0.4, -0.2) is 16.7 Å². The van der Waals surface area contributed by atoms with Gasteiger partial charge in [-0.25, -0.2) is 4.98 Å². The minimum Gasteiger partial charge on any atom is -0.313 e. The van der Waals surface area contributed by atoms with Gasteiger partial charge in [-0.1, -0.05) is 6.07 Å². The maximum absolute atomic E-state index is 13.3. The Hall–Kier alpha value is -2.38. The lowest BCUT2D eigenvalue weighted by Gasteiger charge is -2.12. The minimum absolute atomic E-state index is 0.0596. The monoisotopic (exact) mass is 386 g/mol. The van der Waals surface area contributed by atoms with Crippen LogP contribution >= 0.6 is 22.7 Å². The smallest absolute Gasteiger partial charge is 0.256 e. The number of carbonyl (C=O) groups is 2. The summed E-state index contributed by atoms with van der Waals surface area (Å²) in [6, 6.07) is 6.18. The van der Waals surface area contributed by atoms with Crippen molar-refractivity contribution in [3.8, 4) is 0 Å². The third-order valence-electron chi connectivity index (χ3n) is 4.36. The van der Waals surface area contributed by atoms with Crippen LogP contribution in [0.5, 0.6) is 0 Å². The highest BCUT2D eigenvalue weighted by Gasteiger charge is 2.27. The number of amides is 1. The molecule has 0 bridgehead atoms. The molecule has 3 heterocycles. The molecular weight excluding hydrogens is 371 g/mol. The Morgan fingerprint density at radius 1 is 1.19 bits per heavy atom. The summed E-state index contributed by atoms with van der Waals surface area (Å²) in [7, 11) is 0. The molecular formula is C19H15FN2O2S2. The Morgan fingerprint density at radius 3 is 2.81 bits per heavy atom. The van der Waals surface area contributed by atoms with E-state index in [1.165, 1.54) is 34.9 Å². The largest absolute Gasteiger partial charge is 0.313 e. The topological polar surface area (TPSA) is 59.1 Å². The minimum atomic E-state index is -0.710. The van der Waals surface area contributed by atoms with Crippen LogP contribution in [0.25, 0.3) is 0 Å². The number of aryl methyl sites for hydroxylation is 1. The molecule has 3 aromatic heterocycles. The van der Waals surface area contributed by atoms with Crippen LogP contribution in [0.1, 0.15) is 48.9 Å². The summed E-state index contributed by atoms with van der Waals surface area (Å²) in [4.78, 5) is 30.8. The number of hydrogen-bond donors (Lipinski definition) is 1. The van der Waals surface area contributed by atoms with Gasteiger partial charge in [-0.2, -0.15) is 4.39 Å². The molecule has 0 aromatic carbocycles.